The minimum atomic E-state index is 0.0862. The summed E-state index contributed by atoms with van der Waals surface area (Å²) in [6, 6.07) is 5.66. The van der Waals surface area contributed by atoms with Crippen molar-refractivity contribution < 1.29 is 4.79 Å². The highest BCUT2D eigenvalue weighted by Gasteiger charge is 2.24. The topological polar surface area (TPSA) is 60.2 Å². The van der Waals surface area contributed by atoms with Gasteiger partial charge in [-0.15, -0.1) is 0 Å². The quantitative estimate of drug-likeness (QED) is 0.845. The molecule has 1 aromatic rings. The molecular formula is C15H20N4OS. The summed E-state index contributed by atoms with van der Waals surface area (Å²) >= 11 is 1.71. The molecule has 6 heteroatoms. The highest BCUT2D eigenvalue weighted by molar-refractivity contribution is 7.98. The Morgan fingerprint density at radius 3 is 2.67 bits per heavy atom. The summed E-state index contributed by atoms with van der Waals surface area (Å²) < 4.78 is 0. The lowest BCUT2D eigenvalue weighted by Gasteiger charge is -2.37. The van der Waals surface area contributed by atoms with E-state index in [4.69, 9.17) is 5.26 Å². The largest absolute Gasteiger partial charge is 0.367 e. The van der Waals surface area contributed by atoms with E-state index in [0.29, 0.717) is 5.69 Å². The van der Waals surface area contributed by atoms with Crippen LogP contribution < -0.4 is 4.90 Å². The number of nitrogens with zero attached hydrogens (tertiary/aromatic N) is 4. The number of aromatic nitrogens is 1. The summed E-state index contributed by atoms with van der Waals surface area (Å²) in [6.45, 7) is 5.11. The zero-order chi connectivity index (χ0) is 15.2. The lowest BCUT2D eigenvalue weighted by atomic mass is 10.1. The van der Waals surface area contributed by atoms with E-state index in [1.54, 1.807) is 24.0 Å². The van der Waals surface area contributed by atoms with Crippen molar-refractivity contribution in [3.05, 3.63) is 24.0 Å². The summed E-state index contributed by atoms with van der Waals surface area (Å²) in [6.07, 6.45) is 3.76. The van der Waals surface area contributed by atoms with E-state index in [1.165, 1.54) is 0 Å². The normalized spacial score (nSPS) is 16.4. The fourth-order valence-corrected chi connectivity index (χ4v) is 3.10. The van der Waals surface area contributed by atoms with Crippen molar-refractivity contribution in [1.82, 2.24) is 9.88 Å². The van der Waals surface area contributed by atoms with E-state index in [1.807, 2.05) is 30.2 Å². The molecule has 1 aromatic heterocycles. The summed E-state index contributed by atoms with van der Waals surface area (Å²) in [5, 5.41) is 8.76. The maximum absolute atomic E-state index is 12.3. The van der Waals surface area contributed by atoms with E-state index in [9.17, 15) is 4.79 Å². The van der Waals surface area contributed by atoms with Gasteiger partial charge in [0.05, 0.1) is 11.9 Å². The van der Waals surface area contributed by atoms with Crippen molar-refractivity contribution in [3.63, 3.8) is 0 Å². The maximum atomic E-state index is 12.3. The fraction of sp³-hybridized carbons (Fsp3) is 0.533. The molecule has 0 bridgehead atoms. The fourth-order valence-electron chi connectivity index (χ4n) is 2.46. The van der Waals surface area contributed by atoms with Crippen molar-refractivity contribution in [2.24, 2.45) is 5.92 Å². The molecule has 2 heterocycles. The number of amides is 1. The van der Waals surface area contributed by atoms with Gasteiger partial charge in [0.25, 0.3) is 0 Å². The smallest absolute Gasteiger partial charge is 0.226 e. The second kappa shape index (κ2) is 7.32. The van der Waals surface area contributed by atoms with Crippen LogP contribution in [-0.2, 0) is 4.79 Å². The van der Waals surface area contributed by atoms with Gasteiger partial charge in [0.1, 0.15) is 11.8 Å². The first-order valence-electron chi connectivity index (χ1n) is 7.04. The zero-order valence-corrected chi connectivity index (χ0v) is 13.3. The summed E-state index contributed by atoms with van der Waals surface area (Å²) in [4.78, 5) is 20.5. The second-order valence-electron chi connectivity index (χ2n) is 5.18. The third-order valence-corrected chi connectivity index (χ3v) is 4.49. The van der Waals surface area contributed by atoms with Crippen LogP contribution in [0, 0.1) is 17.2 Å². The molecule has 5 nitrogen and oxygen atoms in total. The number of piperazine rings is 1. The van der Waals surface area contributed by atoms with Crippen LogP contribution in [0.25, 0.3) is 0 Å². The Bertz CT molecular complexity index is 517. The Morgan fingerprint density at radius 1 is 1.43 bits per heavy atom. The molecule has 0 N–H and O–H groups in total. The van der Waals surface area contributed by atoms with E-state index in [2.05, 4.69) is 9.88 Å². The molecule has 0 unspecified atom stereocenters. The first kappa shape index (κ1) is 15.6. The van der Waals surface area contributed by atoms with Gasteiger partial charge in [-0.1, -0.05) is 6.92 Å². The molecule has 112 valence electrons. The molecule has 2 rings (SSSR count). The van der Waals surface area contributed by atoms with Crippen LogP contribution in [-0.4, -0.2) is 54.0 Å². The van der Waals surface area contributed by atoms with Gasteiger partial charge in [-0.25, -0.2) is 4.98 Å². The van der Waals surface area contributed by atoms with Crippen molar-refractivity contribution >= 4 is 23.4 Å². The van der Waals surface area contributed by atoms with Crippen LogP contribution in [0.3, 0.4) is 0 Å². The molecule has 0 spiro atoms. The molecule has 21 heavy (non-hydrogen) atoms. The van der Waals surface area contributed by atoms with Gasteiger partial charge in [0.15, 0.2) is 0 Å². The lowest BCUT2D eigenvalue weighted by Crippen LogP contribution is -2.50. The molecule has 1 fully saturated rings. The Hall–Kier alpha value is -1.74. The predicted octanol–water partition coefficient (Wildman–Crippen LogP) is 1.60. The Balaban J connectivity index is 1.90. The van der Waals surface area contributed by atoms with Gasteiger partial charge >= 0.3 is 0 Å². The Morgan fingerprint density at radius 2 is 2.14 bits per heavy atom. The van der Waals surface area contributed by atoms with Crippen LogP contribution in [0.1, 0.15) is 12.6 Å². The molecule has 1 amide bonds. The molecule has 1 atom stereocenters. The van der Waals surface area contributed by atoms with Crippen LogP contribution >= 0.6 is 11.8 Å². The van der Waals surface area contributed by atoms with Crippen LogP contribution in [0.2, 0.25) is 0 Å². The number of carbonyl (C=O) groups excluding carboxylic acids is 1. The zero-order valence-electron chi connectivity index (χ0n) is 12.5. The number of rotatable bonds is 4. The minimum Gasteiger partial charge on any atom is -0.367 e. The van der Waals surface area contributed by atoms with Crippen molar-refractivity contribution in [2.75, 3.05) is 43.1 Å². The highest BCUT2D eigenvalue weighted by atomic mass is 32.2. The molecule has 0 aromatic carbocycles. The summed E-state index contributed by atoms with van der Waals surface area (Å²) in [5.74, 6) is 1.21. The van der Waals surface area contributed by atoms with Crippen LogP contribution in [0.4, 0.5) is 5.69 Å². The maximum Gasteiger partial charge on any atom is 0.226 e. The second-order valence-corrected chi connectivity index (χ2v) is 6.09. The minimum absolute atomic E-state index is 0.0862. The molecule has 0 saturated carbocycles. The van der Waals surface area contributed by atoms with Crippen molar-refractivity contribution in [3.8, 4) is 6.07 Å². The van der Waals surface area contributed by atoms with Gasteiger partial charge < -0.3 is 9.80 Å². The van der Waals surface area contributed by atoms with Crippen molar-refractivity contribution in [1.29, 1.82) is 5.26 Å². The Labute approximate surface area is 129 Å². The molecule has 1 aliphatic rings. The van der Waals surface area contributed by atoms with E-state index in [-0.39, 0.29) is 11.8 Å². The monoisotopic (exact) mass is 304 g/mol. The molecule has 0 aliphatic carbocycles. The van der Waals surface area contributed by atoms with Gasteiger partial charge in [0.2, 0.25) is 5.91 Å². The van der Waals surface area contributed by atoms with Crippen LogP contribution in [0.5, 0.6) is 0 Å². The average Bonchev–Trinajstić information content (AvgIpc) is 2.54. The number of pyridine rings is 1. The Kier molecular flexibility index (Phi) is 5.45. The number of hydrogen-bond acceptors (Lipinski definition) is 5. The van der Waals surface area contributed by atoms with E-state index in [0.717, 1.165) is 37.6 Å². The number of nitriles is 1. The number of anilines is 1. The van der Waals surface area contributed by atoms with Crippen LogP contribution in [0.15, 0.2) is 18.3 Å². The molecular weight excluding hydrogens is 284 g/mol. The van der Waals surface area contributed by atoms with Gasteiger partial charge in [-0.2, -0.15) is 17.0 Å². The average molecular weight is 304 g/mol. The van der Waals surface area contributed by atoms with Gasteiger partial charge in [0, 0.05) is 37.8 Å². The molecule has 1 saturated heterocycles. The van der Waals surface area contributed by atoms with E-state index < -0.39 is 0 Å². The van der Waals surface area contributed by atoms with Gasteiger partial charge in [-0.05, 0) is 18.4 Å². The van der Waals surface area contributed by atoms with Gasteiger partial charge in [-0.3, -0.25) is 4.79 Å². The third kappa shape index (κ3) is 3.88. The predicted molar refractivity (Wildman–Crippen MR) is 85.3 cm³/mol. The number of carbonyl (C=O) groups is 1. The molecule has 1 aliphatic heterocycles. The lowest BCUT2D eigenvalue weighted by molar-refractivity contribution is -0.134. The van der Waals surface area contributed by atoms with E-state index >= 15 is 0 Å². The summed E-state index contributed by atoms with van der Waals surface area (Å²) in [5.41, 5.74) is 1.44. The summed E-state index contributed by atoms with van der Waals surface area (Å²) in [7, 11) is 0. The third-order valence-electron chi connectivity index (χ3n) is 3.66. The SMILES string of the molecule is CSC[C@@H](C)C(=O)N1CCN(c2ccc(C#N)nc2)CC1. The first-order chi connectivity index (χ1) is 10.2. The molecule has 0 radical (unpaired) electrons. The first-order valence-corrected chi connectivity index (χ1v) is 8.44. The van der Waals surface area contributed by atoms with Crippen molar-refractivity contribution in [2.45, 2.75) is 6.92 Å². The number of hydrogen-bond donors (Lipinski definition) is 0. The highest BCUT2D eigenvalue weighted by Crippen LogP contribution is 2.17. The number of thioether (sulfide) groups is 1. The standard InChI is InChI=1S/C15H20N4OS/c1-12(11-21-2)15(20)19-7-5-18(6-8-19)14-4-3-13(9-16)17-10-14/h3-4,10,12H,5-8,11H2,1-2H3/t12-/m1/s1.